The minimum absolute atomic E-state index is 0.124. The maximum Gasteiger partial charge on any atom is 0.357 e. The highest BCUT2D eigenvalue weighted by atomic mass is 31.2. The van der Waals surface area contributed by atoms with Crippen molar-refractivity contribution in [3.63, 3.8) is 0 Å². The molecule has 1 rings (SSSR count). The molecule has 0 saturated heterocycles. The zero-order valence-corrected chi connectivity index (χ0v) is 14.3. The van der Waals surface area contributed by atoms with Crippen LogP contribution in [0.4, 0.5) is 0 Å². The van der Waals surface area contributed by atoms with Gasteiger partial charge in [0.1, 0.15) is 5.44 Å². The zero-order valence-electron chi connectivity index (χ0n) is 12.5. The van der Waals surface area contributed by atoms with Crippen molar-refractivity contribution in [2.45, 2.75) is 26.3 Å². The summed E-state index contributed by atoms with van der Waals surface area (Å²) in [5.74, 6) is 0. The van der Waals surface area contributed by atoms with E-state index >= 15 is 0 Å². The summed E-state index contributed by atoms with van der Waals surface area (Å²) in [6.45, 7) is 5.38. The van der Waals surface area contributed by atoms with Gasteiger partial charge in [-0.2, -0.15) is 0 Å². The number of hydrogen-bond donors (Lipinski definition) is 1. The average Bonchev–Trinajstić information content (AvgIpc) is 2.48. The maximum absolute atomic E-state index is 13.2. The van der Waals surface area contributed by atoms with Gasteiger partial charge in [-0.05, 0) is 32.9 Å². The van der Waals surface area contributed by atoms with Gasteiger partial charge in [-0.25, -0.2) is 0 Å². The topological polar surface area (TPSA) is 101 Å². The smallest absolute Gasteiger partial charge is 0.323 e. The van der Waals surface area contributed by atoms with Gasteiger partial charge in [0.2, 0.25) is 0 Å². The van der Waals surface area contributed by atoms with Crippen LogP contribution in [0.2, 0.25) is 0 Å². The molecule has 0 saturated carbocycles. The van der Waals surface area contributed by atoms with Crippen molar-refractivity contribution in [1.29, 1.82) is 0 Å². The molecule has 0 fully saturated rings. The van der Waals surface area contributed by atoms with E-state index in [2.05, 4.69) is 4.98 Å². The van der Waals surface area contributed by atoms with Crippen LogP contribution in [0.3, 0.4) is 0 Å². The fraction of sp³-hybridized carbons (Fsp3) is 0.583. The first-order chi connectivity index (χ1) is 9.94. The molecule has 0 aliphatic rings. The minimum Gasteiger partial charge on any atom is -0.323 e. The Morgan fingerprint density at radius 1 is 1.10 bits per heavy atom. The van der Waals surface area contributed by atoms with Crippen molar-refractivity contribution in [2.24, 2.45) is 5.73 Å². The third kappa shape index (κ3) is 4.22. The number of nitrogens with two attached hydrogens (primary N) is 1. The highest BCUT2D eigenvalue weighted by molar-refractivity contribution is 7.79. The highest BCUT2D eigenvalue weighted by Crippen LogP contribution is 2.66. The minimum atomic E-state index is -3.78. The first kappa shape index (κ1) is 18.5. The third-order valence-electron chi connectivity index (χ3n) is 2.58. The van der Waals surface area contributed by atoms with Crippen molar-refractivity contribution in [3.05, 3.63) is 24.4 Å². The van der Waals surface area contributed by atoms with Crippen LogP contribution in [0.5, 0.6) is 0 Å². The first-order valence-electron chi connectivity index (χ1n) is 6.74. The largest absolute Gasteiger partial charge is 0.357 e. The molecular formula is C12H22N2O5P2. The Hall–Kier alpha value is -0.550. The Labute approximate surface area is 125 Å². The molecule has 9 heteroatoms. The summed E-state index contributed by atoms with van der Waals surface area (Å²) in [6.07, 6.45) is 1.47. The normalized spacial score (nSPS) is 16.4. The zero-order chi connectivity index (χ0) is 15.9. The Kier molecular flexibility index (Phi) is 7.21. The van der Waals surface area contributed by atoms with E-state index in [0.29, 0.717) is 0 Å². The Morgan fingerprint density at radius 2 is 1.67 bits per heavy atom. The van der Waals surface area contributed by atoms with Crippen molar-refractivity contribution >= 4 is 20.4 Å². The standard InChI is InChI=1S/C12H22N2O5P2/c1-4-17-20(15,11-9-7-8-10-14-11)12(13)21(16,18-5-2)19-6-3/h7-10,12H,4-6,13H2,1-3H3. The number of rotatable bonds is 9. The van der Waals surface area contributed by atoms with Crippen LogP contribution in [0.25, 0.3) is 0 Å². The van der Waals surface area contributed by atoms with Gasteiger partial charge in [-0.3, -0.25) is 14.1 Å². The molecule has 0 amide bonds. The summed E-state index contributed by atoms with van der Waals surface area (Å²) in [4.78, 5) is 4.02. The van der Waals surface area contributed by atoms with Gasteiger partial charge in [0, 0.05) is 6.20 Å². The lowest BCUT2D eigenvalue weighted by molar-refractivity contribution is 0.215. The van der Waals surface area contributed by atoms with Crippen molar-refractivity contribution < 1.29 is 22.7 Å². The summed E-state index contributed by atoms with van der Waals surface area (Å²) in [7, 11) is -7.47. The quantitative estimate of drug-likeness (QED) is 0.691. The Bertz CT molecular complexity index is 516. The molecule has 2 unspecified atom stereocenters. The molecule has 0 radical (unpaired) electrons. The monoisotopic (exact) mass is 336 g/mol. The van der Waals surface area contributed by atoms with Crippen LogP contribution in [0.1, 0.15) is 20.8 Å². The molecule has 21 heavy (non-hydrogen) atoms. The van der Waals surface area contributed by atoms with Crippen LogP contribution in [-0.2, 0) is 22.7 Å². The lowest BCUT2D eigenvalue weighted by atomic mass is 10.5. The second kappa shape index (κ2) is 8.18. The summed E-state index contributed by atoms with van der Waals surface area (Å²) in [6, 6.07) is 4.86. The first-order valence-corrected chi connectivity index (χ1v) is 10.0. The van der Waals surface area contributed by atoms with E-state index in [1.54, 1.807) is 32.9 Å². The predicted octanol–water partition coefficient (Wildman–Crippen LogP) is 2.53. The van der Waals surface area contributed by atoms with Gasteiger partial charge >= 0.3 is 7.60 Å². The van der Waals surface area contributed by atoms with E-state index in [1.165, 1.54) is 12.3 Å². The van der Waals surface area contributed by atoms with E-state index in [0.717, 1.165) is 0 Å². The number of hydrogen-bond acceptors (Lipinski definition) is 7. The molecule has 0 aromatic carbocycles. The second-order valence-corrected chi connectivity index (χ2v) is 9.02. The molecule has 0 aliphatic carbocycles. The molecule has 1 aromatic rings. The molecule has 2 N–H and O–H groups in total. The number of nitrogens with zero attached hydrogens (tertiary/aromatic N) is 1. The molecule has 0 spiro atoms. The molecule has 1 aromatic heterocycles. The summed E-state index contributed by atoms with van der Waals surface area (Å²) < 4.78 is 41.6. The number of aromatic nitrogens is 1. The predicted molar refractivity (Wildman–Crippen MR) is 81.9 cm³/mol. The molecule has 0 aliphatic heterocycles. The van der Waals surface area contributed by atoms with E-state index in [4.69, 9.17) is 19.3 Å². The van der Waals surface area contributed by atoms with Gasteiger partial charge in [0.25, 0.3) is 7.37 Å². The van der Waals surface area contributed by atoms with Crippen LogP contribution in [-0.4, -0.2) is 30.3 Å². The summed E-state index contributed by atoms with van der Waals surface area (Å²) in [5.41, 5.74) is 4.71. The van der Waals surface area contributed by atoms with Crippen LogP contribution in [0.15, 0.2) is 24.4 Å². The van der Waals surface area contributed by atoms with Gasteiger partial charge < -0.3 is 19.3 Å². The van der Waals surface area contributed by atoms with Crippen LogP contribution in [0, 0.1) is 0 Å². The van der Waals surface area contributed by atoms with Crippen molar-refractivity contribution in [2.75, 3.05) is 19.8 Å². The second-order valence-electron chi connectivity index (χ2n) is 3.99. The fourth-order valence-corrected chi connectivity index (χ4v) is 6.75. The molecule has 2 atom stereocenters. The lowest BCUT2D eigenvalue weighted by Gasteiger charge is -2.28. The van der Waals surface area contributed by atoms with E-state index in [1.807, 2.05) is 0 Å². The van der Waals surface area contributed by atoms with E-state index in [9.17, 15) is 9.13 Å². The Morgan fingerprint density at radius 3 is 2.10 bits per heavy atom. The Balaban J connectivity index is 3.26. The van der Waals surface area contributed by atoms with Crippen LogP contribution >= 0.6 is 15.0 Å². The molecular weight excluding hydrogens is 314 g/mol. The maximum atomic E-state index is 13.2. The average molecular weight is 336 g/mol. The SMILES string of the molecule is CCOP(=O)(OCC)C(N)P(=O)(OCC)c1ccccn1. The van der Waals surface area contributed by atoms with E-state index in [-0.39, 0.29) is 25.3 Å². The molecule has 120 valence electrons. The summed E-state index contributed by atoms with van der Waals surface area (Å²) >= 11 is 0. The van der Waals surface area contributed by atoms with Crippen LogP contribution < -0.4 is 11.2 Å². The van der Waals surface area contributed by atoms with E-state index < -0.39 is 20.5 Å². The fourth-order valence-electron chi connectivity index (χ4n) is 1.74. The highest BCUT2D eigenvalue weighted by Gasteiger charge is 2.48. The molecule has 0 bridgehead atoms. The van der Waals surface area contributed by atoms with Crippen molar-refractivity contribution in [3.8, 4) is 0 Å². The molecule has 1 heterocycles. The van der Waals surface area contributed by atoms with Crippen molar-refractivity contribution in [1.82, 2.24) is 4.98 Å². The molecule has 7 nitrogen and oxygen atoms in total. The lowest BCUT2D eigenvalue weighted by Crippen LogP contribution is -2.30. The third-order valence-corrected chi connectivity index (χ3v) is 8.47. The number of pyridine rings is 1. The van der Waals surface area contributed by atoms with Gasteiger partial charge in [0.05, 0.1) is 19.8 Å². The summed E-state index contributed by atoms with van der Waals surface area (Å²) in [5, 5.41) is 0. The van der Waals surface area contributed by atoms with Gasteiger partial charge in [0.15, 0.2) is 5.52 Å². The van der Waals surface area contributed by atoms with Gasteiger partial charge in [-0.1, -0.05) is 6.07 Å². The van der Waals surface area contributed by atoms with Gasteiger partial charge in [-0.15, -0.1) is 0 Å².